The van der Waals surface area contributed by atoms with Crippen LogP contribution >= 0.6 is 15.9 Å². The maximum Gasteiger partial charge on any atom is 0.110 e. The van der Waals surface area contributed by atoms with E-state index in [4.69, 9.17) is 5.73 Å². The lowest BCUT2D eigenvalue weighted by Crippen LogP contribution is -2.19. The summed E-state index contributed by atoms with van der Waals surface area (Å²) >= 11 is 3.66. The number of aromatic nitrogens is 2. The highest BCUT2D eigenvalue weighted by Gasteiger charge is 2.42. The van der Waals surface area contributed by atoms with Crippen LogP contribution in [0.1, 0.15) is 24.2 Å². The number of halogens is 1. The Morgan fingerprint density at radius 1 is 1.44 bits per heavy atom. The molecule has 2 N–H and O–H groups in total. The summed E-state index contributed by atoms with van der Waals surface area (Å²) in [6.45, 7) is 2.74. The van der Waals surface area contributed by atoms with Crippen molar-refractivity contribution >= 4 is 15.9 Å². The van der Waals surface area contributed by atoms with E-state index < -0.39 is 0 Å². The third-order valence-corrected chi connectivity index (χ3v) is 4.52. The van der Waals surface area contributed by atoms with Gasteiger partial charge < -0.3 is 10.3 Å². The molecule has 18 heavy (non-hydrogen) atoms. The van der Waals surface area contributed by atoms with E-state index in [2.05, 4.69) is 43.7 Å². The number of aryl methyl sites for hydroxylation is 1. The molecule has 0 amide bonds. The van der Waals surface area contributed by atoms with E-state index in [1.54, 1.807) is 0 Å². The lowest BCUT2D eigenvalue weighted by atomic mass is 9.96. The first-order valence-corrected chi connectivity index (χ1v) is 6.96. The van der Waals surface area contributed by atoms with Gasteiger partial charge in [-0.05, 0) is 53.4 Å². The second kappa shape index (κ2) is 4.21. The first kappa shape index (κ1) is 11.9. The maximum atomic E-state index is 5.88. The van der Waals surface area contributed by atoms with E-state index in [1.807, 2.05) is 19.3 Å². The van der Waals surface area contributed by atoms with Gasteiger partial charge in [0.05, 0.1) is 5.69 Å². The van der Waals surface area contributed by atoms with Crippen molar-refractivity contribution in [3.63, 3.8) is 0 Å². The minimum Gasteiger partial charge on any atom is -0.330 e. The molecule has 1 aliphatic rings. The fourth-order valence-electron chi connectivity index (χ4n) is 2.43. The van der Waals surface area contributed by atoms with Gasteiger partial charge in [-0.1, -0.05) is 6.07 Å². The Kier molecular flexibility index (Phi) is 2.79. The minimum atomic E-state index is 0.241. The number of hydrogen-bond acceptors (Lipinski definition) is 2. The molecule has 1 heterocycles. The predicted octanol–water partition coefficient (Wildman–Crippen LogP) is 2.93. The van der Waals surface area contributed by atoms with E-state index in [-0.39, 0.29) is 5.41 Å². The van der Waals surface area contributed by atoms with Gasteiger partial charge in [0.1, 0.15) is 5.82 Å². The fraction of sp³-hybridized carbons (Fsp3) is 0.357. The largest absolute Gasteiger partial charge is 0.330 e. The van der Waals surface area contributed by atoms with Gasteiger partial charge in [-0.25, -0.2) is 4.98 Å². The highest BCUT2D eigenvalue weighted by molar-refractivity contribution is 9.10. The van der Waals surface area contributed by atoms with Crippen LogP contribution in [0.25, 0.3) is 5.69 Å². The summed E-state index contributed by atoms with van der Waals surface area (Å²) in [5.74, 6) is 0.989. The molecule has 1 aromatic heterocycles. The van der Waals surface area contributed by atoms with Crippen molar-refractivity contribution in [1.29, 1.82) is 0 Å². The Hall–Kier alpha value is -1.13. The predicted molar refractivity (Wildman–Crippen MR) is 76.0 cm³/mol. The molecule has 1 aromatic carbocycles. The maximum absolute atomic E-state index is 5.88. The molecule has 0 aliphatic heterocycles. The summed E-state index contributed by atoms with van der Waals surface area (Å²) in [6.07, 6.45) is 6.21. The van der Waals surface area contributed by atoms with Gasteiger partial charge in [-0.3, -0.25) is 0 Å². The molecule has 2 aromatic rings. The summed E-state index contributed by atoms with van der Waals surface area (Å²) in [5.41, 5.74) is 8.59. The molecule has 1 fully saturated rings. The van der Waals surface area contributed by atoms with Crippen molar-refractivity contribution < 1.29 is 0 Å². The lowest BCUT2D eigenvalue weighted by Gasteiger charge is -2.15. The average molecular weight is 306 g/mol. The summed E-state index contributed by atoms with van der Waals surface area (Å²) in [5, 5.41) is 0. The summed E-state index contributed by atoms with van der Waals surface area (Å²) in [6, 6.07) is 6.54. The minimum absolute atomic E-state index is 0.241. The fourth-order valence-corrected chi connectivity index (χ4v) is 3.00. The SMILES string of the molecule is Cc1nccn1-c1ccc(C2(CN)CC2)cc1Br. The van der Waals surface area contributed by atoms with Gasteiger partial charge in [0.2, 0.25) is 0 Å². The molecule has 1 aliphatic carbocycles. The summed E-state index contributed by atoms with van der Waals surface area (Å²) in [7, 11) is 0. The van der Waals surface area contributed by atoms with E-state index in [9.17, 15) is 0 Å². The second-order valence-electron chi connectivity index (χ2n) is 5.00. The average Bonchev–Trinajstić information content (AvgIpc) is 3.07. The first-order chi connectivity index (χ1) is 8.66. The van der Waals surface area contributed by atoms with Crippen molar-refractivity contribution in [2.75, 3.05) is 6.54 Å². The number of hydrogen-bond donors (Lipinski definition) is 1. The van der Waals surface area contributed by atoms with Crippen LogP contribution in [-0.4, -0.2) is 16.1 Å². The van der Waals surface area contributed by atoms with E-state index in [0.717, 1.165) is 22.5 Å². The van der Waals surface area contributed by atoms with Crippen LogP contribution in [0.2, 0.25) is 0 Å². The van der Waals surface area contributed by atoms with Crippen molar-refractivity contribution in [2.24, 2.45) is 5.73 Å². The van der Waals surface area contributed by atoms with Gasteiger partial charge in [0, 0.05) is 28.8 Å². The zero-order chi connectivity index (χ0) is 12.8. The Bertz CT molecular complexity index is 584. The molecular weight excluding hydrogens is 290 g/mol. The highest BCUT2D eigenvalue weighted by Crippen LogP contribution is 2.48. The van der Waals surface area contributed by atoms with Crippen molar-refractivity contribution in [3.8, 4) is 5.69 Å². The molecule has 0 spiro atoms. The molecule has 0 bridgehead atoms. The van der Waals surface area contributed by atoms with Gasteiger partial charge in [0.15, 0.2) is 0 Å². The van der Waals surface area contributed by atoms with Crippen LogP contribution in [0.4, 0.5) is 0 Å². The quantitative estimate of drug-likeness (QED) is 0.947. The van der Waals surface area contributed by atoms with Gasteiger partial charge >= 0.3 is 0 Å². The molecule has 3 nitrogen and oxygen atoms in total. The second-order valence-corrected chi connectivity index (χ2v) is 5.85. The molecule has 0 radical (unpaired) electrons. The molecule has 3 rings (SSSR count). The molecule has 94 valence electrons. The van der Waals surface area contributed by atoms with Crippen LogP contribution < -0.4 is 5.73 Å². The number of nitrogens with zero attached hydrogens (tertiary/aromatic N) is 2. The van der Waals surface area contributed by atoms with E-state index >= 15 is 0 Å². The van der Waals surface area contributed by atoms with Crippen LogP contribution in [0.3, 0.4) is 0 Å². The number of imidazole rings is 1. The van der Waals surface area contributed by atoms with Gasteiger partial charge in [-0.15, -0.1) is 0 Å². The van der Waals surface area contributed by atoms with E-state index in [1.165, 1.54) is 18.4 Å². The number of nitrogens with two attached hydrogens (primary N) is 1. The van der Waals surface area contributed by atoms with Crippen molar-refractivity contribution in [2.45, 2.75) is 25.2 Å². The van der Waals surface area contributed by atoms with Crippen LogP contribution in [-0.2, 0) is 5.41 Å². The number of benzene rings is 1. The van der Waals surface area contributed by atoms with Crippen LogP contribution in [0.5, 0.6) is 0 Å². The van der Waals surface area contributed by atoms with Crippen molar-refractivity contribution in [3.05, 3.63) is 46.5 Å². The third kappa shape index (κ3) is 1.80. The Morgan fingerprint density at radius 2 is 2.22 bits per heavy atom. The standard InChI is InChI=1S/C14H16BrN3/c1-10-17-6-7-18(10)13-3-2-11(8-12(13)15)14(9-16)4-5-14/h2-3,6-8H,4-5,9,16H2,1H3. The lowest BCUT2D eigenvalue weighted by molar-refractivity contribution is 0.704. The molecule has 1 saturated carbocycles. The topological polar surface area (TPSA) is 43.8 Å². The van der Waals surface area contributed by atoms with Crippen molar-refractivity contribution in [1.82, 2.24) is 9.55 Å². The summed E-state index contributed by atoms with van der Waals surface area (Å²) < 4.78 is 3.18. The monoisotopic (exact) mass is 305 g/mol. The molecule has 0 atom stereocenters. The van der Waals surface area contributed by atoms with Crippen LogP contribution in [0, 0.1) is 6.92 Å². The van der Waals surface area contributed by atoms with E-state index in [0.29, 0.717) is 0 Å². The molecule has 4 heteroatoms. The molecule has 0 saturated heterocycles. The zero-order valence-electron chi connectivity index (χ0n) is 10.4. The number of rotatable bonds is 3. The van der Waals surface area contributed by atoms with Crippen LogP contribution in [0.15, 0.2) is 35.1 Å². The highest BCUT2D eigenvalue weighted by atomic mass is 79.9. The Balaban J connectivity index is 2.03. The molecule has 0 unspecified atom stereocenters. The smallest absolute Gasteiger partial charge is 0.110 e. The normalized spacial score (nSPS) is 16.8. The van der Waals surface area contributed by atoms with Gasteiger partial charge in [0.25, 0.3) is 0 Å². The van der Waals surface area contributed by atoms with Gasteiger partial charge in [-0.2, -0.15) is 0 Å². The summed E-state index contributed by atoms with van der Waals surface area (Å²) in [4.78, 5) is 4.26. The zero-order valence-corrected chi connectivity index (χ0v) is 11.9. The Labute approximate surface area is 115 Å². The Morgan fingerprint density at radius 3 is 2.72 bits per heavy atom. The first-order valence-electron chi connectivity index (χ1n) is 6.17. The third-order valence-electron chi connectivity index (χ3n) is 3.89. The molecular formula is C14H16BrN3.